The summed E-state index contributed by atoms with van der Waals surface area (Å²) in [7, 11) is 0. The molecule has 0 aliphatic carbocycles. The third-order valence-electron chi connectivity index (χ3n) is 3.30. The van der Waals surface area contributed by atoms with Crippen molar-refractivity contribution in [3.63, 3.8) is 0 Å². The minimum Gasteiger partial charge on any atom is -0.480 e. The van der Waals surface area contributed by atoms with Gasteiger partial charge in [-0.25, -0.2) is 0 Å². The normalized spacial score (nSPS) is 28.6. The number of esters is 1. The van der Waals surface area contributed by atoms with Crippen LogP contribution < -0.4 is 5.32 Å². The molecule has 0 saturated carbocycles. The molecule has 0 aromatic rings. The van der Waals surface area contributed by atoms with Crippen molar-refractivity contribution in [2.45, 2.75) is 50.6 Å². The summed E-state index contributed by atoms with van der Waals surface area (Å²) >= 11 is 5.00. The van der Waals surface area contributed by atoms with E-state index < -0.39 is 12.0 Å². The number of ether oxygens (including phenoxy) is 1. The highest BCUT2D eigenvalue weighted by Gasteiger charge is 2.44. The molecule has 2 N–H and O–H groups in total. The van der Waals surface area contributed by atoms with Gasteiger partial charge in [-0.2, -0.15) is 0 Å². The number of hydrogen-bond donors (Lipinski definition) is 3. The first-order chi connectivity index (χ1) is 9.72. The van der Waals surface area contributed by atoms with Crippen LogP contribution in [-0.2, 0) is 19.1 Å². The van der Waals surface area contributed by atoms with Crippen LogP contribution in [0, 0.1) is 5.92 Å². The van der Waals surface area contributed by atoms with E-state index in [1.54, 1.807) is 13.8 Å². The average Bonchev–Trinajstić information content (AvgIpc) is 2.63. The van der Waals surface area contributed by atoms with Gasteiger partial charge in [0.15, 0.2) is 5.12 Å². The Labute approximate surface area is 133 Å². The molecule has 0 radical (unpaired) electrons. The summed E-state index contributed by atoms with van der Waals surface area (Å²) < 4.78 is 5.04. The number of hydrogen-bond acceptors (Lipinski definition) is 6. The first kappa shape index (κ1) is 18.3. The van der Waals surface area contributed by atoms with E-state index in [0.29, 0.717) is 0 Å². The molecule has 1 rings (SSSR count). The van der Waals surface area contributed by atoms with Crippen LogP contribution in [0.15, 0.2) is 0 Å². The van der Waals surface area contributed by atoms with Crippen LogP contribution in [0.25, 0.3) is 0 Å². The fraction of sp³-hybridized carbons (Fsp3) is 0.769. The van der Waals surface area contributed by atoms with Crippen LogP contribution in [-0.4, -0.2) is 51.4 Å². The van der Waals surface area contributed by atoms with E-state index >= 15 is 0 Å². The SMILES string of the molecule is CC(C)OC(=O)CS[C@@H]1[C@H](C)[C@@H](CC(=O)S)N[C@H]1C(=O)O. The zero-order valence-electron chi connectivity index (χ0n) is 12.2. The zero-order valence-corrected chi connectivity index (χ0v) is 13.9. The monoisotopic (exact) mass is 335 g/mol. The van der Waals surface area contributed by atoms with Crippen molar-refractivity contribution in [3.8, 4) is 0 Å². The Morgan fingerprint density at radius 1 is 1.38 bits per heavy atom. The minimum absolute atomic E-state index is 0.0564. The van der Waals surface area contributed by atoms with Gasteiger partial charge < -0.3 is 9.84 Å². The highest BCUT2D eigenvalue weighted by Crippen LogP contribution is 2.33. The van der Waals surface area contributed by atoms with E-state index in [0.717, 1.165) is 0 Å². The van der Waals surface area contributed by atoms with Crippen molar-refractivity contribution in [3.05, 3.63) is 0 Å². The molecular weight excluding hydrogens is 314 g/mol. The summed E-state index contributed by atoms with van der Waals surface area (Å²) in [5.41, 5.74) is 0. The Bertz CT molecular complexity index is 415. The van der Waals surface area contributed by atoms with Crippen LogP contribution in [0.3, 0.4) is 0 Å². The lowest BCUT2D eigenvalue weighted by Crippen LogP contribution is -2.40. The van der Waals surface area contributed by atoms with E-state index in [4.69, 9.17) is 4.74 Å². The molecule has 0 unspecified atom stereocenters. The maximum atomic E-state index is 11.6. The summed E-state index contributed by atoms with van der Waals surface area (Å²) in [5.74, 6) is -1.30. The van der Waals surface area contributed by atoms with Crippen LogP contribution in [0.2, 0.25) is 0 Å². The standard InChI is InChI=1S/C13H21NO5S2/c1-6(2)19-9(15)5-21-12-7(3)8(4-10(16)20)14-11(12)13(17)18/h6-8,11-12,14H,4-5H2,1-3H3,(H,16,20)(H,17,18)/t7-,8-,11-,12-/m1/s1. The molecule has 1 heterocycles. The van der Waals surface area contributed by atoms with Crippen LogP contribution in [0.1, 0.15) is 27.2 Å². The number of carbonyl (C=O) groups is 3. The topological polar surface area (TPSA) is 92.7 Å². The lowest BCUT2D eigenvalue weighted by Gasteiger charge is -2.19. The van der Waals surface area contributed by atoms with Gasteiger partial charge in [-0.1, -0.05) is 6.92 Å². The fourth-order valence-electron chi connectivity index (χ4n) is 2.36. The second-order valence-corrected chi connectivity index (χ2v) is 7.03. The molecule has 0 aromatic carbocycles. The number of carboxylic acids is 1. The van der Waals surface area contributed by atoms with Crippen LogP contribution >= 0.6 is 24.4 Å². The number of nitrogens with one attached hydrogen (secondary N) is 1. The number of rotatable bonds is 7. The van der Waals surface area contributed by atoms with E-state index in [-0.39, 0.29) is 46.6 Å². The smallest absolute Gasteiger partial charge is 0.321 e. The Morgan fingerprint density at radius 3 is 2.48 bits per heavy atom. The molecule has 4 atom stereocenters. The lowest BCUT2D eigenvalue weighted by molar-refractivity contribution is -0.144. The van der Waals surface area contributed by atoms with Crippen molar-refractivity contribution in [1.29, 1.82) is 0 Å². The first-order valence-electron chi connectivity index (χ1n) is 6.74. The van der Waals surface area contributed by atoms with Gasteiger partial charge in [0.1, 0.15) is 6.04 Å². The molecule has 0 aromatic heterocycles. The predicted molar refractivity (Wildman–Crippen MR) is 83.6 cm³/mol. The van der Waals surface area contributed by atoms with E-state index in [2.05, 4.69) is 17.9 Å². The summed E-state index contributed by atoms with van der Waals surface area (Å²) in [4.78, 5) is 34.0. The van der Waals surface area contributed by atoms with Crippen molar-refractivity contribution in [2.75, 3.05) is 5.75 Å². The fourth-order valence-corrected chi connectivity index (χ4v) is 3.84. The van der Waals surface area contributed by atoms with Gasteiger partial charge in [0.2, 0.25) is 0 Å². The molecule has 0 bridgehead atoms. The molecule has 8 heteroatoms. The average molecular weight is 335 g/mol. The number of carbonyl (C=O) groups excluding carboxylic acids is 2. The molecular formula is C13H21NO5S2. The second-order valence-electron chi connectivity index (χ2n) is 5.36. The van der Waals surface area contributed by atoms with Crippen molar-refractivity contribution >= 4 is 41.4 Å². The van der Waals surface area contributed by atoms with Gasteiger partial charge in [-0.05, 0) is 19.8 Å². The maximum Gasteiger partial charge on any atom is 0.321 e. The Hall–Kier alpha value is -0.730. The van der Waals surface area contributed by atoms with Crippen molar-refractivity contribution in [1.82, 2.24) is 5.32 Å². The van der Waals surface area contributed by atoms with Gasteiger partial charge in [-0.15, -0.1) is 24.4 Å². The van der Waals surface area contributed by atoms with E-state index in [9.17, 15) is 19.5 Å². The molecule has 1 saturated heterocycles. The van der Waals surface area contributed by atoms with Gasteiger partial charge in [-0.3, -0.25) is 19.7 Å². The molecule has 1 aliphatic heterocycles. The van der Waals surface area contributed by atoms with Crippen LogP contribution in [0.4, 0.5) is 0 Å². The minimum atomic E-state index is -0.981. The first-order valence-corrected chi connectivity index (χ1v) is 8.23. The highest BCUT2D eigenvalue weighted by molar-refractivity contribution is 8.00. The second kappa shape index (κ2) is 8.05. The van der Waals surface area contributed by atoms with Gasteiger partial charge in [0.05, 0.1) is 11.9 Å². The van der Waals surface area contributed by atoms with Gasteiger partial charge >= 0.3 is 11.9 Å². The summed E-state index contributed by atoms with van der Waals surface area (Å²) in [6, 6.07) is -1.02. The lowest BCUT2D eigenvalue weighted by atomic mass is 9.99. The Kier molecular flexibility index (Phi) is 7.02. The van der Waals surface area contributed by atoms with Gasteiger partial charge in [0, 0.05) is 17.7 Å². The summed E-state index contributed by atoms with van der Waals surface area (Å²) in [5, 5.41) is 11.6. The predicted octanol–water partition coefficient (Wildman–Crippen LogP) is 0.947. The van der Waals surface area contributed by atoms with Crippen molar-refractivity contribution in [2.24, 2.45) is 5.92 Å². The van der Waals surface area contributed by atoms with E-state index in [1.165, 1.54) is 11.8 Å². The number of thiol groups is 1. The third-order valence-corrected chi connectivity index (χ3v) is 4.97. The maximum absolute atomic E-state index is 11.6. The molecule has 1 fully saturated rings. The summed E-state index contributed by atoms with van der Waals surface area (Å²) in [6.45, 7) is 5.40. The largest absolute Gasteiger partial charge is 0.480 e. The number of carboxylic acid groups (broad SMARTS) is 1. The molecule has 0 spiro atoms. The Balaban J connectivity index is 2.65. The summed E-state index contributed by atoms with van der Waals surface area (Å²) in [6.07, 6.45) is -0.0243. The van der Waals surface area contributed by atoms with Gasteiger partial charge in [0.25, 0.3) is 0 Å². The molecule has 1 aliphatic rings. The highest BCUT2D eigenvalue weighted by atomic mass is 32.2. The van der Waals surface area contributed by atoms with Crippen molar-refractivity contribution < 1.29 is 24.2 Å². The molecule has 6 nitrogen and oxygen atoms in total. The zero-order chi connectivity index (χ0) is 16.2. The van der Waals surface area contributed by atoms with E-state index in [1.807, 2.05) is 6.92 Å². The molecule has 120 valence electrons. The number of aliphatic carboxylic acids is 1. The Morgan fingerprint density at radius 2 is 2.00 bits per heavy atom. The quantitative estimate of drug-likeness (QED) is 0.471. The number of thioether (sulfide) groups is 1. The molecule has 0 amide bonds. The molecule has 21 heavy (non-hydrogen) atoms. The van der Waals surface area contributed by atoms with Crippen LogP contribution in [0.5, 0.6) is 0 Å². The third kappa shape index (κ3) is 5.52.